The van der Waals surface area contributed by atoms with Crippen molar-refractivity contribution in [1.29, 1.82) is 0 Å². The fourth-order valence-electron chi connectivity index (χ4n) is 2.51. The van der Waals surface area contributed by atoms with Crippen LogP contribution >= 0.6 is 11.6 Å². The molecule has 1 nitrogen and oxygen atoms in total. The minimum absolute atomic E-state index is 0.604. The van der Waals surface area contributed by atoms with Crippen molar-refractivity contribution < 1.29 is 0 Å². The summed E-state index contributed by atoms with van der Waals surface area (Å²) in [6, 6.07) is 10.8. The zero-order valence-electron chi connectivity index (χ0n) is 9.20. The Kier molecular flexibility index (Phi) is 3.66. The second kappa shape index (κ2) is 5.00. The van der Waals surface area contributed by atoms with Crippen molar-refractivity contribution in [2.45, 2.75) is 12.3 Å². The Hall–Kier alpha value is -0.530. The average Bonchev–Trinajstić information content (AvgIpc) is 2.30. The highest BCUT2D eigenvalue weighted by atomic mass is 35.5. The van der Waals surface area contributed by atoms with Crippen LogP contribution in [0.3, 0.4) is 0 Å². The van der Waals surface area contributed by atoms with Gasteiger partial charge in [0.1, 0.15) is 0 Å². The number of rotatable bonds is 2. The molecule has 82 valence electrons. The fraction of sp³-hybridized carbons (Fsp3) is 0.538. The molecule has 0 radical (unpaired) electrons. The van der Waals surface area contributed by atoms with E-state index < -0.39 is 0 Å². The van der Waals surface area contributed by atoms with Gasteiger partial charge in [-0.25, -0.2) is 0 Å². The zero-order chi connectivity index (χ0) is 10.7. The molecule has 1 fully saturated rings. The first kappa shape index (κ1) is 11.0. The van der Waals surface area contributed by atoms with Gasteiger partial charge in [0.15, 0.2) is 0 Å². The predicted molar refractivity (Wildman–Crippen MR) is 65.5 cm³/mol. The van der Waals surface area contributed by atoms with Crippen molar-refractivity contribution in [3.8, 4) is 0 Å². The van der Waals surface area contributed by atoms with Crippen molar-refractivity contribution in [3.63, 3.8) is 0 Å². The summed E-state index contributed by atoms with van der Waals surface area (Å²) in [6.07, 6.45) is 1.23. The molecule has 0 spiro atoms. The molecule has 0 aliphatic carbocycles. The quantitative estimate of drug-likeness (QED) is 0.697. The Balaban J connectivity index is 2.14. The summed E-state index contributed by atoms with van der Waals surface area (Å²) in [5, 5.41) is 0. The van der Waals surface area contributed by atoms with E-state index in [1.54, 1.807) is 0 Å². The maximum Gasteiger partial charge on any atom is 0.0269 e. The normalized spacial score (nSPS) is 27.9. The van der Waals surface area contributed by atoms with Crippen LogP contribution in [0.25, 0.3) is 0 Å². The first-order valence-corrected chi connectivity index (χ1v) is 6.14. The summed E-state index contributed by atoms with van der Waals surface area (Å²) in [7, 11) is 2.18. The van der Waals surface area contributed by atoms with E-state index in [4.69, 9.17) is 11.6 Å². The van der Waals surface area contributed by atoms with Gasteiger partial charge in [0.25, 0.3) is 0 Å². The molecule has 0 saturated carbocycles. The van der Waals surface area contributed by atoms with Gasteiger partial charge in [-0.1, -0.05) is 30.3 Å². The highest BCUT2D eigenvalue weighted by Crippen LogP contribution is 2.32. The number of hydrogen-bond acceptors (Lipinski definition) is 1. The van der Waals surface area contributed by atoms with E-state index >= 15 is 0 Å². The number of hydrogen-bond donors (Lipinski definition) is 0. The third kappa shape index (κ3) is 2.53. The molecule has 1 heterocycles. The molecular formula is C13H18ClN. The van der Waals surface area contributed by atoms with Crippen molar-refractivity contribution in [1.82, 2.24) is 4.90 Å². The molecule has 1 aliphatic rings. The molecule has 0 bridgehead atoms. The Morgan fingerprint density at radius 3 is 2.73 bits per heavy atom. The van der Waals surface area contributed by atoms with Crippen LogP contribution in [0.4, 0.5) is 0 Å². The molecule has 2 heteroatoms. The van der Waals surface area contributed by atoms with Crippen molar-refractivity contribution >= 4 is 11.6 Å². The van der Waals surface area contributed by atoms with Crippen molar-refractivity contribution in [3.05, 3.63) is 35.9 Å². The Morgan fingerprint density at radius 2 is 2.07 bits per heavy atom. The standard InChI is InChI=1S/C13H18ClN/c1-15-8-7-13(12(9-14)10-15)11-5-3-2-4-6-11/h2-6,12-13H,7-10H2,1H3. The van der Waals surface area contributed by atoms with E-state index in [0.717, 1.165) is 12.4 Å². The first-order valence-electron chi connectivity index (χ1n) is 5.60. The number of benzene rings is 1. The lowest BCUT2D eigenvalue weighted by Crippen LogP contribution is -2.37. The zero-order valence-corrected chi connectivity index (χ0v) is 9.95. The molecule has 2 unspecified atom stereocenters. The third-order valence-electron chi connectivity index (χ3n) is 3.36. The Morgan fingerprint density at radius 1 is 1.33 bits per heavy atom. The molecule has 0 aromatic heterocycles. The molecule has 2 atom stereocenters. The molecule has 2 rings (SSSR count). The van der Waals surface area contributed by atoms with Crippen LogP contribution in [0.15, 0.2) is 30.3 Å². The van der Waals surface area contributed by atoms with Gasteiger partial charge >= 0.3 is 0 Å². The van der Waals surface area contributed by atoms with Gasteiger partial charge in [0.2, 0.25) is 0 Å². The minimum atomic E-state index is 0.604. The minimum Gasteiger partial charge on any atom is -0.306 e. The smallest absolute Gasteiger partial charge is 0.0269 e. The Labute approximate surface area is 97.0 Å². The summed E-state index contributed by atoms with van der Waals surface area (Å²) >= 11 is 6.06. The lowest BCUT2D eigenvalue weighted by Gasteiger charge is -2.36. The highest BCUT2D eigenvalue weighted by Gasteiger charge is 2.27. The van der Waals surface area contributed by atoms with Gasteiger partial charge in [-0.15, -0.1) is 11.6 Å². The summed E-state index contributed by atoms with van der Waals surface area (Å²) in [6.45, 7) is 2.32. The van der Waals surface area contributed by atoms with Gasteiger partial charge < -0.3 is 4.90 Å². The van der Waals surface area contributed by atoms with Crippen molar-refractivity contribution in [2.75, 3.05) is 26.0 Å². The van der Waals surface area contributed by atoms with E-state index in [9.17, 15) is 0 Å². The van der Waals surface area contributed by atoms with Gasteiger partial charge in [-0.3, -0.25) is 0 Å². The summed E-state index contributed by atoms with van der Waals surface area (Å²) in [5.41, 5.74) is 1.45. The van der Waals surface area contributed by atoms with E-state index in [2.05, 4.69) is 42.3 Å². The first-order chi connectivity index (χ1) is 7.31. The SMILES string of the molecule is CN1CCC(c2ccccc2)C(CCl)C1. The maximum atomic E-state index is 6.06. The van der Waals surface area contributed by atoms with E-state index in [1.165, 1.54) is 18.5 Å². The topological polar surface area (TPSA) is 3.24 Å². The van der Waals surface area contributed by atoms with Gasteiger partial charge in [0, 0.05) is 12.4 Å². The summed E-state index contributed by atoms with van der Waals surface area (Å²) < 4.78 is 0. The summed E-state index contributed by atoms with van der Waals surface area (Å²) in [5.74, 6) is 2.02. The number of likely N-dealkylation sites (tertiary alicyclic amines) is 1. The van der Waals surface area contributed by atoms with Gasteiger partial charge in [-0.05, 0) is 37.4 Å². The monoisotopic (exact) mass is 223 g/mol. The molecule has 15 heavy (non-hydrogen) atoms. The lowest BCUT2D eigenvalue weighted by molar-refractivity contribution is 0.197. The molecule has 0 N–H and O–H groups in total. The maximum absolute atomic E-state index is 6.06. The van der Waals surface area contributed by atoms with Crippen molar-refractivity contribution in [2.24, 2.45) is 5.92 Å². The number of halogens is 1. The Bertz CT molecular complexity index is 299. The van der Waals surface area contributed by atoms with E-state index in [-0.39, 0.29) is 0 Å². The highest BCUT2D eigenvalue weighted by molar-refractivity contribution is 6.18. The van der Waals surface area contributed by atoms with Crippen LogP contribution < -0.4 is 0 Å². The fourth-order valence-corrected chi connectivity index (χ4v) is 2.82. The molecular weight excluding hydrogens is 206 g/mol. The number of nitrogens with zero attached hydrogens (tertiary/aromatic N) is 1. The van der Waals surface area contributed by atoms with E-state index in [1.807, 2.05) is 0 Å². The van der Waals surface area contributed by atoms with Crippen LogP contribution in [0.2, 0.25) is 0 Å². The second-order valence-corrected chi connectivity index (χ2v) is 4.79. The van der Waals surface area contributed by atoms with E-state index in [0.29, 0.717) is 11.8 Å². The van der Waals surface area contributed by atoms with Crippen LogP contribution in [0, 0.1) is 5.92 Å². The van der Waals surface area contributed by atoms with Gasteiger partial charge in [0.05, 0.1) is 0 Å². The molecule has 1 aliphatic heterocycles. The lowest BCUT2D eigenvalue weighted by atomic mass is 9.82. The second-order valence-electron chi connectivity index (χ2n) is 4.48. The van der Waals surface area contributed by atoms with Gasteiger partial charge in [-0.2, -0.15) is 0 Å². The summed E-state index contributed by atoms with van der Waals surface area (Å²) in [4.78, 5) is 2.38. The average molecular weight is 224 g/mol. The third-order valence-corrected chi connectivity index (χ3v) is 3.76. The number of alkyl halides is 1. The molecule has 1 aromatic rings. The molecule has 1 saturated heterocycles. The predicted octanol–water partition coefficient (Wildman–Crippen LogP) is 2.96. The largest absolute Gasteiger partial charge is 0.306 e. The van der Waals surface area contributed by atoms with Crippen LogP contribution in [-0.2, 0) is 0 Å². The van der Waals surface area contributed by atoms with Crippen LogP contribution in [0.5, 0.6) is 0 Å². The van der Waals surface area contributed by atoms with Crippen LogP contribution in [-0.4, -0.2) is 30.9 Å². The van der Waals surface area contributed by atoms with Crippen LogP contribution in [0.1, 0.15) is 17.9 Å². The molecule has 0 amide bonds. The molecule has 1 aromatic carbocycles. The number of piperidine rings is 1.